The summed E-state index contributed by atoms with van der Waals surface area (Å²) in [5.74, 6) is 0. The number of aliphatic hydroxyl groups excluding tert-OH is 1. The predicted molar refractivity (Wildman–Crippen MR) is 71.6 cm³/mol. The average Bonchev–Trinajstić information content (AvgIpc) is 2.75. The fourth-order valence-electron chi connectivity index (χ4n) is 2.15. The molecule has 0 saturated heterocycles. The zero-order chi connectivity index (χ0) is 11.7. The van der Waals surface area contributed by atoms with E-state index in [1.165, 1.54) is 15.8 Å². The molecule has 3 heteroatoms. The number of aryl methyl sites for hydroxylation is 1. The highest BCUT2D eigenvalue weighted by Gasteiger charge is 2.14. The van der Waals surface area contributed by atoms with Crippen molar-refractivity contribution in [2.75, 3.05) is 6.61 Å². The van der Waals surface area contributed by atoms with Gasteiger partial charge in [0.15, 0.2) is 0 Å². The van der Waals surface area contributed by atoms with E-state index in [9.17, 15) is 0 Å². The molecule has 2 heterocycles. The number of aliphatic hydroxyl groups is 1. The van der Waals surface area contributed by atoms with Crippen LogP contribution in [0, 0.1) is 0 Å². The van der Waals surface area contributed by atoms with Gasteiger partial charge in [-0.05, 0) is 30.4 Å². The Morgan fingerprint density at radius 2 is 2.06 bits per heavy atom. The molecule has 0 saturated carbocycles. The summed E-state index contributed by atoms with van der Waals surface area (Å²) in [6, 6.07) is 10.4. The Labute approximate surface area is 104 Å². The van der Waals surface area contributed by atoms with Gasteiger partial charge in [0.25, 0.3) is 0 Å². The number of nitrogens with zero attached hydrogens (tertiary/aromatic N) is 1. The van der Waals surface area contributed by atoms with Gasteiger partial charge in [-0.1, -0.05) is 18.2 Å². The zero-order valence-corrected chi connectivity index (χ0v) is 10.2. The second-order valence-electron chi connectivity index (χ2n) is 4.06. The molecule has 0 unspecified atom stereocenters. The Hall–Kier alpha value is -1.45. The third-order valence-electron chi connectivity index (χ3n) is 2.95. The molecule has 0 atom stereocenters. The van der Waals surface area contributed by atoms with Crippen LogP contribution in [0.1, 0.15) is 11.3 Å². The number of benzene rings is 1. The van der Waals surface area contributed by atoms with Crippen LogP contribution >= 0.6 is 11.3 Å². The quantitative estimate of drug-likeness (QED) is 0.765. The molecule has 2 nitrogen and oxygen atoms in total. The topological polar surface area (TPSA) is 33.1 Å². The largest absolute Gasteiger partial charge is 0.396 e. The van der Waals surface area contributed by atoms with Gasteiger partial charge in [-0.2, -0.15) is 0 Å². The van der Waals surface area contributed by atoms with E-state index in [1.807, 2.05) is 12.1 Å². The van der Waals surface area contributed by atoms with Crippen molar-refractivity contribution in [2.24, 2.45) is 0 Å². The molecule has 2 aliphatic rings. The Bertz CT molecular complexity index is 617. The van der Waals surface area contributed by atoms with E-state index in [2.05, 4.69) is 23.6 Å². The highest BCUT2D eigenvalue weighted by molar-refractivity contribution is 7.10. The highest BCUT2D eigenvalue weighted by Crippen LogP contribution is 2.35. The van der Waals surface area contributed by atoms with E-state index in [1.54, 1.807) is 11.3 Å². The molecule has 0 aliphatic carbocycles. The van der Waals surface area contributed by atoms with Crippen molar-refractivity contribution in [3.8, 4) is 11.3 Å². The summed E-state index contributed by atoms with van der Waals surface area (Å²) in [6.45, 7) is 0.239. The normalized spacial score (nSPS) is 11.4. The van der Waals surface area contributed by atoms with Crippen LogP contribution < -0.4 is 0 Å². The van der Waals surface area contributed by atoms with Gasteiger partial charge in [0.2, 0.25) is 0 Å². The summed E-state index contributed by atoms with van der Waals surface area (Å²) in [7, 11) is 0. The zero-order valence-electron chi connectivity index (χ0n) is 9.39. The fourth-order valence-corrected chi connectivity index (χ4v) is 3.04. The van der Waals surface area contributed by atoms with Gasteiger partial charge < -0.3 is 5.11 Å². The molecule has 1 aromatic carbocycles. The molecule has 3 rings (SSSR count). The summed E-state index contributed by atoms with van der Waals surface area (Å²) in [5.41, 5.74) is 3.39. The Balaban J connectivity index is 2.18. The van der Waals surface area contributed by atoms with Crippen LogP contribution in [-0.2, 0) is 6.42 Å². The number of aromatic nitrogens is 1. The second-order valence-corrected chi connectivity index (χ2v) is 5.06. The third-order valence-corrected chi connectivity index (χ3v) is 3.91. The fraction of sp³-hybridized carbons (Fsp3) is 0.214. The number of para-hydroxylation sites is 1. The van der Waals surface area contributed by atoms with Crippen molar-refractivity contribution < 1.29 is 5.11 Å². The second kappa shape index (κ2) is 4.43. The summed E-state index contributed by atoms with van der Waals surface area (Å²) in [6.07, 6.45) is 1.71. The molecular formula is C14H13NOS. The van der Waals surface area contributed by atoms with Gasteiger partial charge in [0.1, 0.15) is 0 Å². The maximum absolute atomic E-state index is 8.92. The monoisotopic (exact) mass is 243 g/mol. The van der Waals surface area contributed by atoms with E-state index in [4.69, 9.17) is 10.1 Å². The molecule has 0 amide bonds. The highest BCUT2D eigenvalue weighted by atomic mass is 32.1. The maximum atomic E-state index is 8.92. The first-order valence-electron chi connectivity index (χ1n) is 5.76. The van der Waals surface area contributed by atoms with E-state index in [0.717, 1.165) is 24.1 Å². The van der Waals surface area contributed by atoms with E-state index >= 15 is 0 Å². The molecule has 0 aromatic heterocycles. The Kier molecular flexibility index (Phi) is 2.79. The summed E-state index contributed by atoms with van der Waals surface area (Å²) in [5, 5.41) is 12.3. The predicted octanol–water partition coefficient (Wildman–Crippen LogP) is 3.33. The number of hydrogen-bond acceptors (Lipinski definition) is 3. The lowest BCUT2D eigenvalue weighted by molar-refractivity contribution is 0.289. The van der Waals surface area contributed by atoms with E-state index in [0.29, 0.717) is 0 Å². The lowest BCUT2D eigenvalue weighted by atomic mass is 10.1. The first-order valence-corrected chi connectivity index (χ1v) is 6.64. The molecule has 2 aliphatic heterocycles. The molecule has 0 bridgehead atoms. The van der Waals surface area contributed by atoms with Crippen LogP contribution in [0.3, 0.4) is 0 Å². The van der Waals surface area contributed by atoms with Gasteiger partial charge in [-0.15, -0.1) is 11.3 Å². The molecule has 17 heavy (non-hydrogen) atoms. The maximum Gasteiger partial charge on any atom is 0.0847 e. The average molecular weight is 243 g/mol. The van der Waals surface area contributed by atoms with Gasteiger partial charge in [0.05, 0.1) is 11.2 Å². The summed E-state index contributed by atoms with van der Waals surface area (Å²) < 4.78 is 0. The van der Waals surface area contributed by atoms with Crippen molar-refractivity contribution in [2.45, 2.75) is 12.8 Å². The third kappa shape index (κ3) is 1.81. The first kappa shape index (κ1) is 10.7. The van der Waals surface area contributed by atoms with Crippen LogP contribution in [0.25, 0.3) is 22.2 Å². The van der Waals surface area contributed by atoms with Crippen LogP contribution in [0.4, 0.5) is 0 Å². The molecular weight excluding hydrogens is 230 g/mol. The minimum absolute atomic E-state index is 0.239. The molecule has 86 valence electrons. The first-order chi connectivity index (χ1) is 8.40. The smallest absolute Gasteiger partial charge is 0.0847 e. The Morgan fingerprint density at radius 3 is 2.94 bits per heavy atom. The van der Waals surface area contributed by atoms with Crippen molar-refractivity contribution >= 4 is 22.2 Å². The van der Waals surface area contributed by atoms with Crippen molar-refractivity contribution in [3.05, 3.63) is 40.6 Å². The summed E-state index contributed by atoms with van der Waals surface area (Å²) >= 11 is 1.72. The van der Waals surface area contributed by atoms with Crippen molar-refractivity contribution in [1.82, 2.24) is 4.98 Å². The lowest BCUT2D eigenvalue weighted by Crippen LogP contribution is -1.91. The van der Waals surface area contributed by atoms with E-state index in [-0.39, 0.29) is 6.61 Å². The van der Waals surface area contributed by atoms with Gasteiger partial charge >= 0.3 is 0 Å². The molecule has 0 radical (unpaired) electrons. The van der Waals surface area contributed by atoms with Gasteiger partial charge in [-0.25, -0.2) is 4.98 Å². The molecule has 1 aromatic rings. The van der Waals surface area contributed by atoms with Gasteiger partial charge in [0, 0.05) is 22.4 Å². The minimum atomic E-state index is 0.239. The van der Waals surface area contributed by atoms with Crippen molar-refractivity contribution in [1.29, 1.82) is 0 Å². The van der Waals surface area contributed by atoms with E-state index < -0.39 is 0 Å². The van der Waals surface area contributed by atoms with Gasteiger partial charge in [-0.3, -0.25) is 0 Å². The van der Waals surface area contributed by atoms with Crippen LogP contribution in [0.2, 0.25) is 0 Å². The molecule has 1 N–H and O–H groups in total. The lowest BCUT2D eigenvalue weighted by Gasteiger charge is -2.04. The van der Waals surface area contributed by atoms with Crippen molar-refractivity contribution in [3.63, 3.8) is 0 Å². The SMILES string of the molecule is OCCCc1sccc2c3ccccc3nc1-2. The van der Waals surface area contributed by atoms with Crippen LogP contribution in [-0.4, -0.2) is 16.7 Å². The molecule has 0 fully saturated rings. The number of rotatable bonds is 3. The summed E-state index contributed by atoms with van der Waals surface area (Å²) in [4.78, 5) is 5.97. The Morgan fingerprint density at radius 1 is 1.18 bits per heavy atom. The standard InChI is InChI=1S/C14H13NOS/c16-8-3-6-13-14-11(7-9-17-13)10-4-1-2-5-12(10)15-14/h1-2,4-5,7,9,16H,3,6,8H2. The number of fused-ring (bicyclic) bond motifs is 3. The van der Waals surface area contributed by atoms with Crippen LogP contribution in [0.5, 0.6) is 0 Å². The number of hydrogen-bond donors (Lipinski definition) is 1. The molecule has 0 spiro atoms. The minimum Gasteiger partial charge on any atom is -0.396 e. The van der Waals surface area contributed by atoms with Crippen LogP contribution in [0.15, 0.2) is 35.7 Å².